The zero-order valence-electron chi connectivity index (χ0n) is 11.0. The van der Waals surface area contributed by atoms with Crippen molar-refractivity contribution in [1.82, 2.24) is 4.90 Å². The summed E-state index contributed by atoms with van der Waals surface area (Å²) in [7, 11) is 0. The van der Waals surface area contributed by atoms with Crippen molar-refractivity contribution in [2.24, 2.45) is 5.92 Å². The van der Waals surface area contributed by atoms with E-state index in [0.29, 0.717) is 24.5 Å². The zero-order valence-corrected chi connectivity index (χ0v) is 11.0. The van der Waals surface area contributed by atoms with Crippen LogP contribution in [0.2, 0.25) is 0 Å². The summed E-state index contributed by atoms with van der Waals surface area (Å²) in [6.07, 6.45) is 3.68. The Hall–Kier alpha value is -1.87. The minimum atomic E-state index is -0.116. The number of carbonyl (C=O) groups is 1. The maximum Gasteiger partial charge on any atom is 0.174 e. The Bertz CT molecular complexity index is 471. The molecule has 1 unspecified atom stereocenters. The van der Waals surface area contributed by atoms with E-state index < -0.39 is 0 Å². The standard InChI is InChI=1S/C16H19NO2/c1-3-9-17(10-4-2)11-13-12-19-15-8-6-5-7-14(15)16(13)18/h3-8,13H,1-2,9-12H2. The molecule has 0 aliphatic carbocycles. The van der Waals surface area contributed by atoms with E-state index in [-0.39, 0.29) is 11.7 Å². The molecule has 3 heteroatoms. The smallest absolute Gasteiger partial charge is 0.174 e. The van der Waals surface area contributed by atoms with Gasteiger partial charge in [-0.2, -0.15) is 0 Å². The van der Waals surface area contributed by atoms with Crippen LogP contribution in [0.15, 0.2) is 49.6 Å². The van der Waals surface area contributed by atoms with E-state index in [1.807, 2.05) is 36.4 Å². The van der Waals surface area contributed by atoms with Gasteiger partial charge in [0, 0.05) is 19.6 Å². The third kappa shape index (κ3) is 3.12. The highest BCUT2D eigenvalue weighted by molar-refractivity contribution is 6.01. The molecule has 1 aliphatic rings. The maximum atomic E-state index is 12.4. The summed E-state index contributed by atoms with van der Waals surface area (Å²) in [5.74, 6) is 0.748. The van der Waals surface area contributed by atoms with Gasteiger partial charge in [-0.25, -0.2) is 0 Å². The first-order chi connectivity index (χ1) is 9.26. The number of benzene rings is 1. The number of Topliss-reactive ketones (excluding diaryl/α,β-unsaturated/α-hetero) is 1. The Kier molecular flexibility index (Phi) is 4.53. The molecule has 0 bridgehead atoms. The summed E-state index contributed by atoms with van der Waals surface area (Å²) >= 11 is 0. The van der Waals surface area contributed by atoms with Crippen LogP contribution in [-0.2, 0) is 0 Å². The van der Waals surface area contributed by atoms with E-state index in [2.05, 4.69) is 18.1 Å². The molecule has 19 heavy (non-hydrogen) atoms. The van der Waals surface area contributed by atoms with Gasteiger partial charge < -0.3 is 4.74 Å². The molecule has 2 rings (SSSR count). The van der Waals surface area contributed by atoms with Crippen molar-refractivity contribution in [3.05, 3.63) is 55.1 Å². The molecule has 1 aromatic carbocycles. The van der Waals surface area contributed by atoms with Crippen LogP contribution in [-0.4, -0.2) is 36.9 Å². The molecule has 0 spiro atoms. The van der Waals surface area contributed by atoms with Gasteiger partial charge in [0.15, 0.2) is 5.78 Å². The first kappa shape index (κ1) is 13.6. The normalized spacial score (nSPS) is 17.7. The summed E-state index contributed by atoms with van der Waals surface area (Å²) < 4.78 is 5.66. The lowest BCUT2D eigenvalue weighted by atomic mass is 9.94. The van der Waals surface area contributed by atoms with E-state index in [0.717, 1.165) is 13.1 Å². The van der Waals surface area contributed by atoms with Crippen molar-refractivity contribution >= 4 is 5.78 Å². The van der Waals surface area contributed by atoms with E-state index in [4.69, 9.17) is 4.74 Å². The monoisotopic (exact) mass is 257 g/mol. The van der Waals surface area contributed by atoms with E-state index in [1.165, 1.54) is 0 Å². The van der Waals surface area contributed by atoms with Gasteiger partial charge in [0.25, 0.3) is 0 Å². The Morgan fingerprint density at radius 1 is 1.26 bits per heavy atom. The fraction of sp³-hybridized carbons (Fsp3) is 0.312. The number of nitrogens with zero attached hydrogens (tertiary/aromatic N) is 1. The van der Waals surface area contributed by atoms with Crippen molar-refractivity contribution in [2.45, 2.75) is 0 Å². The van der Waals surface area contributed by atoms with Gasteiger partial charge >= 0.3 is 0 Å². The average molecular weight is 257 g/mol. The lowest BCUT2D eigenvalue weighted by Gasteiger charge is -2.28. The molecule has 1 heterocycles. The molecule has 0 radical (unpaired) electrons. The summed E-state index contributed by atoms with van der Waals surface area (Å²) in [6, 6.07) is 7.42. The van der Waals surface area contributed by atoms with Crippen LogP contribution in [0, 0.1) is 5.92 Å². The van der Waals surface area contributed by atoms with Gasteiger partial charge in [-0.3, -0.25) is 9.69 Å². The SMILES string of the molecule is C=CCN(CC=C)CC1COc2ccccc2C1=O. The van der Waals surface area contributed by atoms with Crippen LogP contribution in [0.25, 0.3) is 0 Å². The molecular weight excluding hydrogens is 238 g/mol. The van der Waals surface area contributed by atoms with E-state index in [9.17, 15) is 4.79 Å². The summed E-state index contributed by atoms with van der Waals surface area (Å²) in [4.78, 5) is 14.5. The quantitative estimate of drug-likeness (QED) is 0.733. The highest BCUT2D eigenvalue weighted by Crippen LogP contribution is 2.27. The van der Waals surface area contributed by atoms with Crippen molar-refractivity contribution in [2.75, 3.05) is 26.2 Å². The van der Waals surface area contributed by atoms with Crippen molar-refractivity contribution in [3.8, 4) is 5.75 Å². The van der Waals surface area contributed by atoms with Crippen LogP contribution in [0.3, 0.4) is 0 Å². The molecule has 0 fully saturated rings. The molecule has 0 amide bonds. The van der Waals surface area contributed by atoms with Crippen LogP contribution in [0.4, 0.5) is 0 Å². The molecule has 0 saturated carbocycles. The summed E-state index contributed by atoms with van der Waals surface area (Å²) in [5, 5.41) is 0. The number of rotatable bonds is 6. The fourth-order valence-electron chi connectivity index (χ4n) is 2.32. The molecule has 100 valence electrons. The number of hydrogen-bond donors (Lipinski definition) is 0. The van der Waals surface area contributed by atoms with Gasteiger partial charge in [-0.1, -0.05) is 24.3 Å². The van der Waals surface area contributed by atoms with Gasteiger partial charge in [0.05, 0.1) is 18.1 Å². The number of ketones is 1. The second-order valence-corrected chi connectivity index (χ2v) is 4.66. The number of para-hydroxylation sites is 1. The molecule has 1 aliphatic heterocycles. The largest absolute Gasteiger partial charge is 0.492 e. The van der Waals surface area contributed by atoms with E-state index >= 15 is 0 Å². The van der Waals surface area contributed by atoms with Crippen LogP contribution in [0.1, 0.15) is 10.4 Å². The molecule has 1 aromatic rings. The van der Waals surface area contributed by atoms with E-state index in [1.54, 1.807) is 0 Å². The number of carbonyl (C=O) groups excluding carboxylic acids is 1. The Labute approximate surface area is 114 Å². The summed E-state index contributed by atoms with van der Waals surface area (Å²) in [5.41, 5.74) is 0.691. The van der Waals surface area contributed by atoms with Crippen LogP contribution < -0.4 is 4.74 Å². The molecule has 1 atom stereocenters. The minimum Gasteiger partial charge on any atom is -0.492 e. The summed E-state index contributed by atoms with van der Waals surface area (Å²) in [6.45, 7) is 10.1. The van der Waals surface area contributed by atoms with Gasteiger partial charge in [-0.15, -0.1) is 13.2 Å². The van der Waals surface area contributed by atoms with Gasteiger partial charge in [-0.05, 0) is 12.1 Å². The second kappa shape index (κ2) is 6.34. The highest BCUT2D eigenvalue weighted by Gasteiger charge is 2.29. The predicted molar refractivity (Wildman–Crippen MR) is 76.6 cm³/mol. The first-order valence-corrected chi connectivity index (χ1v) is 6.46. The zero-order chi connectivity index (χ0) is 13.7. The molecular formula is C16H19NO2. The molecule has 0 aromatic heterocycles. The third-order valence-corrected chi connectivity index (χ3v) is 3.22. The predicted octanol–water partition coefficient (Wildman–Crippen LogP) is 2.55. The van der Waals surface area contributed by atoms with Gasteiger partial charge in [0.2, 0.25) is 0 Å². The topological polar surface area (TPSA) is 29.5 Å². The van der Waals surface area contributed by atoms with Crippen molar-refractivity contribution < 1.29 is 9.53 Å². The number of fused-ring (bicyclic) bond motifs is 1. The van der Waals surface area contributed by atoms with Crippen LogP contribution >= 0.6 is 0 Å². The van der Waals surface area contributed by atoms with Crippen molar-refractivity contribution in [3.63, 3.8) is 0 Å². The Balaban J connectivity index is 2.08. The lowest BCUT2D eigenvalue weighted by molar-refractivity contribution is 0.0783. The maximum absolute atomic E-state index is 12.4. The molecule has 0 N–H and O–H groups in total. The second-order valence-electron chi connectivity index (χ2n) is 4.66. The molecule has 0 saturated heterocycles. The van der Waals surface area contributed by atoms with Crippen LogP contribution in [0.5, 0.6) is 5.75 Å². The van der Waals surface area contributed by atoms with Crippen molar-refractivity contribution in [1.29, 1.82) is 0 Å². The lowest BCUT2D eigenvalue weighted by Crippen LogP contribution is -2.38. The first-order valence-electron chi connectivity index (χ1n) is 6.46. The number of hydrogen-bond acceptors (Lipinski definition) is 3. The van der Waals surface area contributed by atoms with Gasteiger partial charge in [0.1, 0.15) is 5.75 Å². The highest BCUT2D eigenvalue weighted by atomic mass is 16.5. The third-order valence-electron chi connectivity index (χ3n) is 3.22. The minimum absolute atomic E-state index is 0.116. The number of ether oxygens (including phenoxy) is 1. The Morgan fingerprint density at radius 3 is 2.63 bits per heavy atom. The fourth-order valence-corrected chi connectivity index (χ4v) is 2.32. The molecule has 3 nitrogen and oxygen atoms in total. The average Bonchev–Trinajstić information content (AvgIpc) is 2.43. The Morgan fingerprint density at radius 2 is 1.95 bits per heavy atom.